The third-order valence-corrected chi connectivity index (χ3v) is 3.98. The molecule has 116 valence electrons. The number of carbonyl (C=O) groups is 1. The van der Waals surface area contributed by atoms with Crippen LogP contribution in [0.5, 0.6) is 0 Å². The van der Waals surface area contributed by atoms with Gasteiger partial charge in [0.25, 0.3) is 0 Å². The fraction of sp³-hybridized carbons (Fsp3) is 0.0588. The average molecular weight is 346 g/mol. The van der Waals surface area contributed by atoms with E-state index >= 15 is 0 Å². The number of amides is 1. The molecule has 23 heavy (non-hydrogen) atoms. The van der Waals surface area contributed by atoms with Crippen LogP contribution in [0.15, 0.2) is 48.5 Å². The number of nitrogens with zero attached hydrogens (tertiary/aromatic N) is 1. The molecule has 0 atom stereocenters. The highest BCUT2D eigenvalue weighted by molar-refractivity contribution is 6.42. The molecule has 0 bridgehead atoms. The highest BCUT2D eigenvalue weighted by Gasteiger charge is 2.03. The number of hydrogen-bond acceptors (Lipinski definition) is 2. The molecule has 3 aromatic rings. The number of aromatic nitrogens is 2. The van der Waals surface area contributed by atoms with Crippen LogP contribution in [0.4, 0.5) is 0 Å². The summed E-state index contributed by atoms with van der Waals surface area (Å²) in [5.74, 6) is 0.499. The number of benzene rings is 2. The van der Waals surface area contributed by atoms with Crippen LogP contribution in [0.1, 0.15) is 11.4 Å². The molecule has 0 saturated heterocycles. The van der Waals surface area contributed by atoms with Crippen molar-refractivity contribution in [2.75, 3.05) is 0 Å². The van der Waals surface area contributed by atoms with Crippen molar-refractivity contribution in [1.29, 1.82) is 0 Å². The monoisotopic (exact) mass is 345 g/mol. The summed E-state index contributed by atoms with van der Waals surface area (Å²) in [5, 5.41) is 3.72. The Bertz CT molecular complexity index is 853. The Hall–Kier alpha value is -2.30. The van der Waals surface area contributed by atoms with E-state index in [1.165, 1.54) is 6.08 Å². The third kappa shape index (κ3) is 3.92. The van der Waals surface area contributed by atoms with Gasteiger partial charge in [-0.1, -0.05) is 41.4 Å². The van der Waals surface area contributed by atoms with Crippen molar-refractivity contribution in [3.63, 3.8) is 0 Å². The lowest BCUT2D eigenvalue weighted by atomic mass is 10.2. The molecule has 2 aromatic carbocycles. The molecule has 1 amide bonds. The molecule has 3 rings (SSSR count). The van der Waals surface area contributed by atoms with E-state index < -0.39 is 0 Å². The van der Waals surface area contributed by atoms with Gasteiger partial charge in [-0.15, -0.1) is 0 Å². The molecule has 0 aliphatic carbocycles. The number of aromatic amines is 1. The van der Waals surface area contributed by atoms with Crippen molar-refractivity contribution in [1.82, 2.24) is 15.3 Å². The van der Waals surface area contributed by atoms with Gasteiger partial charge in [0.2, 0.25) is 5.91 Å². The normalized spacial score (nSPS) is 11.2. The molecule has 0 saturated carbocycles. The Kier molecular flexibility index (Phi) is 4.65. The summed E-state index contributed by atoms with van der Waals surface area (Å²) in [7, 11) is 0. The number of nitrogens with one attached hydrogen (secondary N) is 2. The van der Waals surface area contributed by atoms with Gasteiger partial charge in [0.05, 0.1) is 27.6 Å². The van der Waals surface area contributed by atoms with Crippen LogP contribution >= 0.6 is 23.2 Å². The summed E-state index contributed by atoms with van der Waals surface area (Å²) >= 11 is 11.8. The number of imidazole rings is 1. The summed E-state index contributed by atoms with van der Waals surface area (Å²) in [6.07, 6.45) is 3.12. The van der Waals surface area contributed by atoms with Crippen LogP contribution in [0.2, 0.25) is 10.0 Å². The molecule has 0 fully saturated rings. The molecular weight excluding hydrogens is 333 g/mol. The number of hydrogen-bond donors (Lipinski definition) is 2. The zero-order chi connectivity index (χ0) is 16.2. The van der Waals surface area contributed by atoms with E-state index in [1.54, 1.807) is 24.3 Å². The van der Waals surface area contributed by atoms with Gasteiger partial charge in [-0.25, -0.2) is 4.98 Å². The summed E-state index contributed by atoms with van der Waals surface area (Å²) in [6, 6.07) is 12.9. The Balaban J connectivity index is 1.60. The van der Waals surface area contributed by atoms with E-state index in [4.69, 9.17) is 23.2 Å². The number of H-pyrrole nitrogens is 1. The molecule has 6 heteroatoms. The van der Waals surface area contributed by atoms with Crippen molar-refractivity contribution in [2.45, 2.75) is 6.54 Å². The van der Waals surface area contributed by atoms with E-state index in [9.17, 15) is 4.79 Å². The van der Waals surface area contributed by atoms with Gasteiger partial charge >= 0.3 is 0 Å². The van der Waals surface area contributed by atoms with E-state index in [1.807, 2.05) is 24.3 Å². The Labute approximate surface area is 143 Å². The molecule has 0 unspecified atom stereocenters. The zero-order valence-corrected chi connectivity index (χ0v) is 13.5. The van der Waals surface area contributed by atoms with Crippen molar-refractivity contribution in [3.05, 3.63) is 70.0 Å². The number of carbonyl (C=O) groups excluding carboxylic acids is 1. The minimum Gasteiger partial charge on any atom is -0.345 e. The summed E-state index contributed by atoms with van der Waals surface area (Å²) < 4.78 is 0. The first-order valence-corrected chi connectivity index (χ1v) is 7.72. The van der Waals surface area contributed by atoms with Crippen LogP contribution in [-0.2, 0) is 11.3 Å². The quantitative estimate of drug-likeness (QED) is 0.696. The van der Waals surface area contributed by atoms with E-state index in [-0.39, 0.29) is 5.91 Å². The predicted molar refractivity (Wildman–Crippen MR) is 93.4 cm³/mol. The first kappa shape index (κ1) is 15.6. The Morgan fingerprint density at radius 3 is 2.78 bits per heavy atom. The molecular formula is C17H13Cl2N3O. The summed E-state index contributed by atoms with van der Waals surface area (Å²) in [4.78, 5) is 19.4. The molecule has 1 aromatic heterocycles. The lowest BCUT2D eigenvalue weighted by Crippen LogP contribution is -2.20. The fourth-order valence-electron chi connectivity index (χ4n) is 2.11. The third-order valence-electron chi connectivity index (χ3n) is 3.24. The number of para-hydroxylation sites is 2. The lowest BCUT2D eigenvalue weighted by Gasteiger charge is -1.99. The first-order chi connectivity index (χ1) is 11.1. The molecule has 1 heterocycles. The smallest absolute Gasteiger partial charge is 0.244 e. The number of halogens is 2. The minimum absolute atomic E-state index is 0.212. The minimum atomic E-state index is -0.212. The van der Waals surface area contributed by atoms with E-state index in [0.717, 1.165) is 16.6 Å². The molecule has 4 nitrogen and oxygen atoms in total. The predicted octanol–water partition coefficient (Wildman–Crippen LogP) is 4.20. The highest BCUT2D eigenvalue weighted by Crippen LogP contribution is 2.23. The van der Waals surface area contributed by atoms with Gasteiger partial charge in [-0.2, -0.15) is 0 Å². The molecule has 0 aliphatic rings. The fourth-order valence-corrected chi connectivity index (χ4v) is 2.41. The number of rotatable bonds is 4. The highest BCUT2D eigenvalue weighted by atomic mass is 35.5. The van der Waals surface area contributed by atoms with Crippen molar-refractivity contribution < 1.29 is 4.79 Å². The Morgan fingerprint density at radius 2 is 2.00 bits per heavy atom. The lowest BCUT2D eigenvalue weighted by molar-refractivity contribution is -0.116. The number of fused-ring (bicyclic) bond motifs is 1. The van der Waals surface area contributed by atoms with E-state index in [2.05, 4.69) is 15.3 Å². The van der Waals surface area contributed by atoms with Crippen molar-refractivity contribution >= 4 is 46.2 Å². The van der Waals surface area contributed by atoms with Gasteiger partial charge in [-0.3, -0.25) is 4.79 Å². The van der Waals surface area contributed by atoms with Crippen LogP contribution in [-0.4, -0.2) is 15.9 Å². The first-order valence-electron chi connectivity index (χ1n) is 6.96. The summed E-state index contributed by atoms with van der Waals surface area (Å²) in [5.41, 5.74) is 2.63. The zero-order valence-electron chi connectivity index (χ0n) is 12.0. The second-order valence-corrected chi connectivity index (χ2v) is 5.74. The van der Waals surface area contributed by atoms with E-state index in [0.29, 0.717) is 22.4 Å². The van der Waals surface area contributed by atoms with Crippen LogP contribution in [0.3, 0.4) is 0 Å². The van der Waals surface area contributed by atoms with Gasteiger partial charge in [0.1, 0.15) is 5.82 Å². The second kappa shape index (κ2) is 6.86. The van der Waals surface area contributed by atoms with Gasteiger partial charge in [0.15, 0.2) is 0 Å². The van der Waals surface area contributed by atoms with Gasteiger partial charge in [0, 0.05) is 6.08 Å². The van der Waals surface area contributed by atoms with Crippen molar-refractivity contribution in [2.24, 2.45) is 0 Å². The molecule has 2 N–H and O–H groups in total. The van der Waals surface area contributed by atoms with Crippen molar-refractivity contribution in [3.8, 4) is 0 Å². The largest absolute Gasteiger partial charge is 0.345 e. The maximum Gasteiger partial charge on any atom is 0.244 e. The molecule has 0 spiro atoms. The molecule has 0 radical (unpaired) electrons. The standard InChI is InChI=1S/C17H13Cl2N3O/c18-12-7-5-11(9-13(12)19)6-8-17(23)20-10-16-21-14-3-1-2-4-15(14)22-16/h1-9H,10H2,(H,20,23)(H,21,22). The second-order valence-electron chi connectivity index (χ2n) is 4.93. The average Bonchev–Trinajstić information content (AvgIpc) is 2.97. The summed E-state index contributed by atoms with van der Waals surface area (Å²) in [6.45, 7) is 0.333. The van der Waals surface area contributed by atoms with Gasteiger partial charge in [-0.05, 0) is 35.9 Å². The SMILES string of the molecule is O=C(C=Cc1ccc(Cl)c(Cl)c1)NCc1nc2ccccc2[nH]1. The van der Waals surface area contributed by atoms with Gasteiger partial charge < -0.3 is 10.3 Å². The molecule has 0 aliphatic heterocycles. The van der Waals surface area contributed by atoms with Crippen LogP contribution < -0.4 is 5.32 Å². The van der Waals surface area contributed by atoms with Crippen LogP contribution in [0.25, 0.3) is 17.1 Å². The maximum absolute atomic E-state index is 11.9. The topological polar surface area (TPSA) is 57.8 Å². The maximum atomic E-state index is 11.9. The van der Waals surface area contributed by atoms with Crippen LogP contribution in [0, 0.1) is 0 Å². The Morgan fingerprint density at radius 1 is 1.17 bits per heavy atom.